The van der Waals surface area contributed by atoms with Crippen LogP contribution in [0.1, 0.15) is 33.1 Å². The first-order valence-corrected chi connectivity index (χ1v) is 6.65. The first kappa shape index (κ1) is 11.9. The molecule has 1 amide bonds. The van der Waals surface area contributed by atoms with E-state index < -0.39 is 0 Å². The average molecular weight is 224 g/mol. The molecule has 16 heavy (non-hydrogen) atoms. The summed E-state index contributed by atoms with van der Waals surface area (Å²) < 4.78 is 0. The Kier molecular flexibility index (Phi) is 3.85. The summed E-state index contributed by atoms with van der Waals surface area (Å²) in [5.74, 6) is 2.47. The lowest BCUT2D eigenvalue weighted by Crippen LogP contribution is -2.29. The van der Waals surface area contributed by atoms with Gasteiger partial charge < -0.3 is 10.2 Å². The zero-order chi connectivity index (χ0) is 11.5. The second-order valence-electron chi connectivity index (χ2n) is 5.65. The Balaban J connectivity index is 1.71. The number of nitrogens with zero attached hydrogens (tertiary/aromatic N) is 1. The largest absolute Gasteiger partial charge is 0.342 e. The molecule has 2 saturated heterocycles. The molecule has 2 rings (SSSR count). The molecule has 0 saturated carbocycles. The lowest BCUT2D eigenvalue weighted by atomic mass is 10.0. The number of rotatable bonds is 3. The van der Waals surface area contributed by atoms with Crippen LogP contribution in [-0.2, 0) is 4.79 Å². The van der Waals surface area contributed by atoms with Crippen LogP contribution in [0.5, 0.6) is 0 Å². The number of likely N-dealkylation sites (tertiary alicyclic amines) is 1. The van der Waals surface area contributed by atoms with E-state index >= 15 is 0 Å². The topological polar surface area (TPSA) is 32.3 Å². The van der Waals surface area contributed by atoms with Crippen molar-refractivity contribution in [3.63, 3.8) is 0 Å². The van der Waals surface area contributed by atoms with Gasteiger partial charge in [-0.2, -0.15) is 0 Å². The minimum absolute atomic E-state index is 0.378. The van der Waals surface area contributed by atoms with E-state index in [1.165, 1.54) is 6.42 Å². The Bertz CT molecular complexity index is 238. The number of carbonyl (C=O) groups is 1. The number of hydrogen-bond donors (Lipinski definition) is 1. The van der Waals surface area contributed by atoms with Gasteiger partial charge in [0, 0.05) is 19.5 Å². The molecule has 0 radical (unpaired) electrons. The molecule has 2 aliphatic heterocycles. The number of hydrogen-bond acceptors (Lipinski definition) is 2. The van der Waals surface area contributed by atoms with Crippen molar-refractivity contribution in [2.24, 2.45) is 17.8 Å². The highest BCUT2D eigenvalue weighted by Gasteiger charge is 2.29. The monoisotopic (exact) mass is 224 g/mol. The van der Waals surface area contributed by atoms with Gasteiger partial charge in [-0.15, -0.1) is 0 Å². The fourth-order valence-corrected chi connectivity index (χ4v) is 2.78. The molecule has 0 aliphatic carbocycles. The van der Waals surface area contributed by atoms with Gasteiger partial charge in [-0.05, 0) is 43.7 Å². The molecule has 0 aromatic carbocycles. The van der Waals surface area contributed by atoms with E-state index in [4.69, 9.17) is 0 Å². The van der Waals surface area contributed by atoms with Crippen molar-refractivity contribution < 1.29 is 4.79 Å². The van der Waals surface area contributed by atoms with Crippen LogP contribution < -0.4 is 5.32 Å². The lowest BCUT2D eigenvalue weighted by molar-refractivity contribution is -0.130. The van der Waals surface area contributed by atoms with Crippen molar-refractivity contribution >= 4 is 5.91 Å². The maximum atomic E-state index is 12.0. The van der Waals surface area contributed by atoms with Crippen LogP contribution in [0.2, 0.25) is 0 Å². The van der Waals surface area contributed by atoms with Crippen molar-refractivity contribution in [2.75, 3.05) is 26.2 Å². The minimum atomic E-state index is 0.378. The first-order chi connectivity index (χ1) is 7.66. The van der Waals surface area contributed by atoms with Gasteiger partial charge in [-0.25, -0.2) is 0 Å². The molecule has 3 heteroatoms. The second-order valence-corrected chi connectivity index (χ2v) is 5.65. The van der Waals surface area contributed by atoms with Gasteiger partial charge >= 0.3 is 0 Å². The van der Waals surface area contributed by atoms with E-state index in [-0.39, 0.29) is 0 Å². The summed E-state index contributed by atoms with van der Waals surface area (Å²) in [6, 6.07) is 0. The van der Waals surface area contributed by atoms with Crippen LogP contribution in [0.15, 0.2) is 0 Å². The number of nitrogens with one attached hydrogen (secondary N) is 1. The molecule has 0 aromatic heterocycles. The van der Waals surface area contributed by atoms with Crippen molar-refractivity contribution in [3.05, 3.63) is 0 Å². The zero-order valence-electron chi connectivity index (χ0n) is 10.5. The third kappa shape index (κ3) is 2.76. The van der Waals surface area contributed by atoms with Crippen molar-refractivity contribution in [1.29, 1.82) is 0 Å². The standard InChI is InChI=1S/C13H24N2O/c1-10-8-15(9-11(10)2)13(16)4-3-12-5-6-14-7-12/h10-12,14H,3-9H2,1-2H3. The average Bonchev–Trinajstić information content (AvgIpc) is 2.86. The molecule has 1 N–H and O–H groups in total. The maximum Gasteiger partial charge on any atom is 0.222 e. The first-order valence-electron chi connectivity index (χ1n) is 6.65. The number of carbonyl (C=O) groups excluding carboxylic acids is 1. The third-order valence-corrected chi connectivity index (χ3v) is 4.27. The van der Waals surface area contributed by atoms with Crippen LogP contribution >= 0.6 is 0 Å². The summed E-state index contributed by atoms with van der Waals surface area (Å²) in [5, 5.41) is 3.35. The zero-order valence-corrected chi connectivity index (χ0v) is 10.5. The van der Waals surface area contributed by atoms with E-state index in [2.05, 4.69) is 24.1 Å². The maximum absolute atomic E-state index is 12.0. The fourth-order valence-electron chi connectivity index (χ4n) is 2.78. The highest BCUT2D eigenvalue weighted by Crippen LogP contribution is 2.23. The molecule has 3 unspecified atom stereocenters. The lowest BCUT2D eigenvalue weighted by Gasteiger charge is -2.17. The molecule has 3 atom stereocenters. The number of amides is 1. The summed E-state index contributed by atoms with van der Waals surface area (Å²) in [5.41, 5.74) is 0. The smallest absolute Gasteiger partial charge is 0.222 e. The molecular formula is C13H24N2O. The normalized spacial score (nSPS) is 34.6. The highest BCUT2D eigenvalue weighted by molar-refractivity contribution is 5.76. The summed E-state index contributed by atoms with van der Waals surface area (Å²) in [6.45, 7) is 8.69. The summed E-state index contributed by atoms with van der Waals surface area (Å²) in [4.78, 5) is 14.1. The third-order valence-electron chi connectivity index (χ3n) is 4.27. The summed E-state index contributed by atoms with van der Waals surface area (Å²) in [6.07, 6.45) is 3.08. The second kappa shape index (κ2) is 5.17. The molecule has 0 spiro atoms. The van der Waals surface area contributed by atoms with Gasteiger partial charge in [-0.3, -0.25) is 4.79 Å². The van der Waals surface area contributed by atoms with Crippen LogP contribution in [0.25, 0.3) is 0 Å². The molecule has 92 valence electrons. The van der Waals surface area contributed by atoms with E-state index in [0.717, 1.165) is 44.9 Å². The van der Waals surface area contributed by atoms with Gasteiger partial charge in [0.15, 0.2) is 0 Å². The van der Waals surface area contributed by atoms with Crippen LogP contribution in [-0.4, -0.2) is 37.0 Å². The Morgan fingerprint density at radius 1 is 1.31 bits per heavy atom. The molecule has 0 aromatic rings. The quantitative estimate of drug-likeness (QED) is 0.788. The fraction of sp³-hybridized carbons (Fsp3) is 0.923. The van der Waals surface area contributed by atoms with Gasteiger partial charge in [0.1, 0.15) is 0 Å². The molecular weight excluding hydrogens is 200 g/mol. The van der Waals surface area contributed by atoms with E-state index in [0.29, 0.717) is 17.7 Å². The van der Waals surface area contributed by atoms with Gasteiger partial charge in [0.2, 0.25) is 5.91 Å². The Morgan fingerprint density at radius 2 is 2.00 bits per heavy atom. The van der Waals surface area contributed by atoms with E-state index in [1.807, 2.05) is 0 Å². The molecule has 0 bridgehead atoms. The van der Waals surface area contributed by atoms with Crippen molar-refractivity contribution in [3.8, 4) is 0 Å². The Morgan fingerprint density at radius 3 is 2.56 bits per heavy atom. The molecule has 2 aliphatic rings. The van der Waals surface area contributed by atoms with Crippen LogP contribution in [0.3, 0.4) is 0 Å². The predicted octanol–water partition coefficient (Wildman–Crippen LogP) is 1.49. The van der Waals surface area contributed by atoms with Crippen LogP contribution in [0, 0.1) is 17.8 Å². The summed E-state index contributed by atoms with van der Waals surface area (Å²) >= 11 is 0. The van der Waals surface area contributed by atoms with Crippen molar-refractivity contribution in [2.45, 2.75) is 33.1 Å². The highest BCUT2D eigenvalue weighted by atomic mass is 16.2. The molecule has 2 fully saturated rings. The van der Waals surface area contributed by atoms with Gasteiger partial charge in [-0.1, -0.05) is 13.8 Å². The van der Waals surface area contributed by atoms with Crippen molar-refractivity contribution in [1.82, 2.24) is 10.2 Å². The van der Waals surface area contributed by atoms with Gasteiger partial charge in [0.05, 0.1) is 0 Å². The molecule has 2 heterocycles. The van der Waals surface area contributed by atoms with E-state index in [9.17, 15) is 4.79 Å². The Hall–Kier alpha value is -0.570. The summed E-state index contributed by atoms with van der Waals surface area (Å²) in [7, 11) is 0. The SMILES string of the molecule is CC1CN(C(=O)CCC2CCNC2)CC1C. The van der Waals surface area contributed by atoms with E-state index in [1.54, 1.807) is 0 Å². The minimum Gasteiger partial charge on any atom is -0.342 e. The molecule has 3 nitrogen and oxygen atoms in total. The van der Waals surface area contributed by atoms with Gasteiger partial charge in [0.25, 0.3) is 0 Å². The Labute approximate surface area is 98.6 Å². The van der Waals surface area contributed by atoms with Crippen LogP contribution in [0.4, 0.5) is 0 Å². The predicted molar refractivity (Wildman–Crippen MR) is 65.1 cm³/mol.